The maximum absolute atomic E-state index is 12.1. The number of anilines is 1. The molecular weight excluding hydrogens is 260 g/mol. The molecule has 1 aliphatic heterocycles. The molecule has 0 fully saturated rings. The van der Waals surface area contributed by atoms with Crippen LogP contribution in [0.1, 0.15) is 29.3 Å². The normalized spacial score (nSPS) is 16.3. The maximum atomic E-state index is 12.1. The average molecular weight is 280 g/mol. The molecule has 0 bridgehead atoms. The van der Waals surface area contributed by atoms with Gasteiger partial charge in [-0.25, -0.2) is 0 Å². The predicted molar refractivity (Wildman–Crippen MR) is 79.1 cm³/mol. The fourth-order valence-corrected chi connectivity index (χ4v) is 2.84. The number of fused-ring (bicyclic) bond motifs is 1. The van der Waals surface area contributed by atoms with Gasteiger partial charge >= 0.3 is 0 Å². The highest BCUT2D eigenvalue weighted by Gasteiger charge is 2.14. The first kappa shape index (κ1) is 14.1. The zero-order chi connectivity index (χ0) is 13.8. The van der Waals surface area contributed by atoms with Crippen LogP contribution in [-0.2, 0) is 17.2 Å². The Kier molecular flexibility index (Phi) is 4.58. The summed E-state index contributed by atoms with van der Waals surface area (Å²) in [5.74, 6) is 0.554. The molecule has 1 aliphatic rings. The Balaban J connectivity index is 1.94. The van der Waals surface area contributed by atoms with Gasteiger partial charge in [0, 0.05) is 46.6 Å². The fourth-order valence-electron chi connectivity index (χ4n) is 2.15. The van der Waals surface area contributed by atoms with E-state index >= 15 is 0 Å². The number of carbonyl (C=O) groups excluding carboxylic acids is 1. The van der Waals surface area contributed by atoms with E-state index in [4.69, 9.17) is 0 Å². The number of amides is 1. The van der Waals surface area contributed by atoms with Crippen molar-refractivity contribution in [1.82, 2.24) is 5.32 Å². The van der Waals surface area contributed by atoms with Gasteiger partial charge in [0.05, 0.1) is 0 Å². The third kappa shape index (κ3) is 3.80. The van der Waals surface area contributed by atoms with E-state index in [0.717, 1.165) is 25.1 Å². The number of hydrogen-bond donors (Lipinski definition) is 2. The van der Waals surface area contributed by atoms with Crippen LogP contribution in [-0.4, -0.2) is 34.7 Å². The number of carbonyl (C=O) groups is 1. The first-order valence-electron chi connectivity index (χ1n) is 6.54. The summed E-state index contributed by atoms with van der Waals surface area (Å²) >= 11 is 0. The molecule has 2 atom stereocenters. The smallest absolute Gasteiger partial charge is 0.251 e. The van der Waals surface area contributed by atoms with E-state index in [1.165, 1.54) is 5.56 Å². The Bertz CT molecular complexity index is 502. The molecular formula is C14H20N2O2S. The molecule has 1 amide bonds. The second kappa shape index (κ2) is 6.19. The molecule has 2 rings (SSSR count). The van der Waals surface area contributed by atoms with E-state index in [1.807, 2.05) is 25.1 Å². The SMILES string of the molecule is CC(CCS(C)=O)NC(=O)c1ccc2c(c1)NCC2. The molecule has 1 heterocycles. The Morgan fingerprint density at radius 2 is 2.32 bits per heavy atom. The largest absolute Gasteiger partial charge is 0.384 e. The van der Waals surface area contributed by atoms with E-state index in [1.54, 1.807) is 6.26 Å². The molecule has 1 aromatic rings. The van der Waals surface area contributed by atoms with E-state index in [2.05, 4.69) is 10.6 Å². The minimum Gasteiger partial charge on any atom is -0.384 e. The van der Waals surface area contributed by atoms with Crippen molar-refractivity contribution in [3.63, 3.8) is 0 Å². The van der Waals surface area contributed by atoms with Gasteiger partial charge in [0.2, 0.25) is 0 Å². The van der Waals surface area contributed by atoms with Crippen LogP contribution in [0, 0.1) is 0 Å². The second-order valence-corrected chi connectivity index (χ2v) is 6.54. The Labute approximate surface area is 116 Å². The first-order chi connectivity index (χ1) is 9.06. The quantitative estimate of drug-likeness (QED) is 0.860. The van der Waals surface area contributed by atoms with Crippen LogP contribution in [0.15, 0.2) is 18.2 Å². The molecule has 2 unspecified atom stereocenters. The van der Waals surface area contributed by atoms with Crippen LogP contribution < -0.4 is 10.6 Å². The molecule has 0 saturated heterocycles. The van der Waals surface area contributed by atoms with Gasteiger partial charge in [0.1, 0.15) is 0 Å². The Morgan fingerprint density at radius 1 is 1.53 bits per heavy atom. The molecule has 104 valence electrons. The fraction of sp³-hybridized carbons (Fsp3) is 0.500. The summed E-state index contributed by atoms with van der Waals surface area (Å²) in [6.45, 7) is 2.88. The van der Waals surface area contributed by atoms with Crippen LogP contribution in [0.2, 0.25) is 0 Å². The molecule has 0 radical (unpaired) electrons. The summed E-state index contributed by atoms with van der Waals surface area (Å²) in [4.78, 5) is 12.1. The first-order valence-corrected chi connectivity index (χ1v) is 8.26. The zero-order valence-electron chi connectivity index (χ0n) is 11.4. The monoisotopic (exact) mass is 280 g/mol. The second-order valence-electron chi connectivity index (χ2n) is 4.99. The number of rotatable bonds is 5. The van der Waals surface area contributed by atoms with Crippen molar-refractivity contribution >= 4 is 22.4 Å². The summed E-state index contributed by atoms with van der Waals surface area (Å²) in [5.41, 5.74) is 3.01. The van der Waals surface area contributed by atoms with Gasteiger partial charge in [-0.05, 0) is 37.5 Å². The predicted octanol–water partition coefficient (Wildman–Crippen LogP) is 1.54. The van der Waals surface area contributed by atoms with E-state index in [-0.39, 0.29) is 11.9 Å². The number of nitrogens with one attached hydrogen (secondary N) is 2. The molecule has 2 N–H and O–H groups in total. The van der Waals surface area contributed by atoms with E-state index < -0.39 is 10.8 Å². The van der Waals surface area contributed by atoms with E-state index in [9.17, 15) is 9.00 Å². The third-order valence-electron chi connectivity index (χ3n) is 3.30. The van der Waals surface area contributed by atoms with Gasteiger partial charge in [-0.2, -0.15) is 0 Å². The standard InChI is InChI=1S/C14H20N2O2S/c1-10(6-8-19(2)18)16-14(17)12-4-3-11-5-7-15-13(11)9-12/h3-4,9-10,15H,5-8H2,1-2H3,(H,16,17). The molecule has 0 spiro atoms. The minimum atomic E-state index is -0.807. The summed E-state index contributed by atoms with van der Waals surface area (Å²) in [6.07, 6.45) is 3.44. The molecule has 0 aromatic heterocycles. The van der Waals surface area contributed by atoms with Crippen molar-refractivity contribution in [1.29, 1.82) is 0 Å². The van der Waals surface area contributed by atoms with E-state index in [0.29, 0.717) is 11.3 Å². The molecule has 0 saturated carbocycles. The highest BCUT2D eigenvalue weighted by atomic mass is 32.2. The molecule has 19 heavy (non-hydrogen) atoms. The van der Waals surface area contributed by atoms with Gasteiger partial charge in [-0.3, -0.25) is 9.00 Å². The summed E-state index contributed by atoms with van der Waals surface area (Å²) < 4.78 is 11.0. The highest BCUT2D eigenvalue weighted by Crippen LogP contribution is 2.23. The van der Waals surface area contributed by atoms with Crippen molar-refractivity contribution in [2.45, 2.75) is 25.8 Å². The van der Waals surface area contributed by atoms with Gasteiger partial charge < -0.3 is 10.6 Å². The zero-order valence-corrected chi connectivity index (χ0v) is 12.2. The maximum Gasteiger partial charge on any atom is 0.251 e. The van der Waals surface area contributed by atoms with Crippen LogP contribution in [0.3, 0.4) is 0 Å². The van der Waals surface area contributed by atoms with Gasteiger partial charge in [0.15, 0.2) is 0 Å². The lowest BCUT2D eigenvalue weighted by molar-refractivity contribution is 0.0939. The number of hydrogen-bond acceptors (Lipinski definition) is 3. The summed E-state index contributed by atoms with van der Waals surface area (Å²) in [5, 5.41) is 6.21. The average Bonchev–Trinajstić information content (AvgIpc) is 2.83. The highest BCUT2D eigenvalue weighted by molar-refractivity contribution is 7.84. The molecule has 4 nitrogen and oxygen atoms in total. The van der Waals surface area contributed by atoms with Crippen molar-refractivity contribution in [2.75, 3.05) is 23.9 Å². The Morgan fingerprint density at radius 3 is 3.05 bits per heavy atom. The van der Waals surface area contributed by atoms with Crippen molar-refractivity contribution in [2.24, 2.45) is 0 Å². The topological polar surface area (TPSA) is 58.2 Å². The Hall–Kier alpha value is -1.36. The third-order valence-corrected chi connectivity index (χ3v) is 4.11. The molecule has 0 aliphatic carbocycles. The van der Waals surface area contributed by atoms with Crippen molar-refractivity contribution < 1.29 is 9.00 Å². The summed E-state index contributed by atoms with van der Waals surface area (Å²) in [7, 11) is -0.807. The number of benzene rings is 1. The lowest BCUT2D eigenvalue weighted by atomic mass is 10.1. The lowest BCUT2D eigenvalue weighted by Crippen LogP contribution is -2.33. The van der Waals surface area contributed by atoms with Crippen molar-refractivity contribution in [3.05, 3.63) is 29.3 Å². The molecule has 5 heteroatoms. The van der Waals surface area contributed by atoms with Gasteiger partial charge in [-0.1, -0.05) is 6.07 Å². The van der Waals surface area contributed by atoms with Crippen LogP contribution in [0.4, 0.5) is 5.69 Å². The van der Waals surface area contributed by atoms with Crippen LogP contribution in [0.25, 0.3) is 0 Å². The van der Waals surface area contributed by atoms with Gasteiger partial charge in [-0.15, -0.1) is 0 Å². The van der Waals surface area contributed by atoms with Crippen LogP contribution in [0.5, 0.6) is 0 Å². The summed E-state index contributed by atoms with van der Waals surface area (Å²) in [6, 6.07) is 5.82. The van der Waals surface area contributed by atoms with Crippen LogP contribution >= 0.6 is 0 Å². The minimum absolute atomic E-state index is 0.0395. The lowest BCUT2D eigenvalue weighted by Gasteiger charge is -2.13. The van der Waals surface area contributed by atoms with Gasteiger partial charge in [0.25, 0.3) is 5.91 Å². The molecule has 1 aromatic carbocycles. The van der Waals surface area contributed by atoms with Crippen molar-refractivity contribution in [3.8, 4) is 0 Å².